The van der Waals surface area contributed by atoms with Gasteiger partial charge in [0, 0.05) is 22.8 Å². The molecule has 4 heteroatoms. The standard InChI is InChI=1S/C23H21N3O/c1-16-8-7-11-22(12-16)26-17(2)13-19(18(26)3)14-20(15-24)23(27)25-21-9-5-4-6-10-21/h4-14H,1-3H3,(H,25,27). The smallest absolute Gasteiger partial charge is 0.266 e. The first-order valence-corrected chi connectivity index (χ1v) is 8.74. The molecule has 0 aliphatic heterocycles. The van der Waals surface area contributed by atoms with E-state index in [1.807, 2.05) is 56.3 Å². The van der Waals surface area contributed by atoms with Gasteiger partial charge in [0.05, 0.1) is 0 Å². The molecule has 1 N–H and O–H groups in total. The van der Waals surface area contributed by atoms with Crippen LogP contribution < -0.4 is 5.32 Å². The zero-order chi connectivity index (χ0) is 19.4. The molecule has 0 saturated carbocycles. The fraction of sp³-hybridized carbons (Fsp3) is 0.130. The second-order valence-corrected chi connectivity index (χ2v) is 6.49. The van der Waals surface area contributed by atoms with Gasteiger partial charge in [-0.05, 0) is 68.3 Å². The summed E-state index contributed by atoms with van der Waals surface area (Å²) in [6, 6.07) is 21.4. The van der Waals surface area contributed by atoms with Gasteiger partial charge in [-0.2, -0.15) is 5.26 Å². The number of hydrogen-bond acceptors (Lipinski definition) is 2. The van der Waals surface area contributed by atoms with E-state index >= 15 is 0 Å². The monoisotopic (exact) mass is 355 g/mol. The number of nitrogens with zero attached hydrogens (tertiary/aromatic N) is 2. The average molecular weight is 355 g/mol. The molecule has 0 unspecified atom stereocenters. The van der Waals surface area contributed by atoms with E-state index in [-0.39, 0.29) is 5.57 Å². The fourth-order valence-corrected chi connectivity index (χ4v) is 3.12. The van der Waals surface area contributed by atoms with Crippen LogP contribution in [0.1, 0.15) is 22.5 Å². The first-order valence-electron chi connectivity index (χ1n) is 8.74. The maximum absolute atomic E-state index is 12.5. The topological polar surface area (TPSA) is 57.8 Å². The number of carbonyl (C=O) groups is 1. The van der Waals surface area contributed by atoms with Gasteiger partial charge >= 0.3 is 0 Å². The number of benzene rings is 2. The summed E-state index contributed by atoms with van der Waals surface area (Å²) in [6.45, 7) is 6.06. The van der Waals surface area contributed by atoms with Crippen molar-refractivity contribution in [2.75, 3.05) is 5.32 Å². The molecule has 0 atom stereocenters. The maximum Gasteiger partial charge on any atom is 0.266 e. The fourth-order valence-electron chi connectivity index (χ4n) is 3.12. The Morgan fingerprint density at radius 3 is 2.44 bits per heavy atom. The molecule has 1 amide bonds. The molecule has 0 saturated heterocycles. The van der Waals surface area contributed by atoms with E-state index in [0.29, 0.717) is 5.69 Å². The molecule has 0 bridgehead atoms. The zero-order valence-electron chi connectivity index (χ0n) is 15.7. The molecule has 3 aromatic rings. The van der Waals surface area contributed by atoms with Crippen molar-refractivity contribution in [3.05, 3.63) is 88.8 Å². The highest BCUT2D eigenvalue weighted by Crippen LogP contribution is 2.23. The number of rotatable bonds is 4. The van der Waals surface area contributed by atoms with Gasteiger partial charge in [0.25, 0.3) is 5.91 Å². The van der Waals surface area contributed by atoms with Crippen LogP contribution in [0.4, 0.5) is 5.69 Å². The highest BCUT2D eigenvalue weighted by Gasteiger charge is 2.14. The maximum atomic E-state index is 12.5. The van der Waals surface area contributed by atoms with Gasteiger partial charge in [-0.25, -0.2) is 0 Å². The lowest BCUT2D eigenvalue weighted by molar-refractivity contribution is -0.112. The lowest BCUT2D eigenvalue weighted by atomic mass is 10.1. The summed E-state index contributed by atoms with van der Waals surface area (Å²) >= 11 is 0. The summed E-state index contributed by atoms with van der Waals surface area (Å²) in [7, 11) is 0. The van der Waals surface area contributed by atoms with E-state index in [0.717, 1.165) is 22.6 Å². The summed E-state index contributed by atoms with van der Waals surface area (Å²) in [4.78, 5) is 12.5. The first-order chi connectivity index (χ1) is 13.0. The van der Waals surface area contributed by atoms with Crippen LogP contribution in [0.2, 0.25) is 0 Å². The molecule has 4 nitrogen and oxygen atoms in total. The summed E-state index contributed by atoms with van der Waals surface area (Å²) in [5, 5.41) is 12.2. The van der Waals surface area contributed by atoms with Crippen molar-refractivity contribution >= 4 is 17.7 Å². The van der Waals surface area contributed by atoms with Crippen LogP contribution in [-0.2, 0) is 4.79 Å². The van der Waals surface area contributed by atoms with Crippen LogP contribution in [0.15, 0.2) is 66.2 Å². The van der Waals surface area contributed by atoms with E-state index in [1.165, 1.54) is 5.56 Å². The van der Waals surface area contributed by atoms with Gasteiger partial charge in [-0.1, -0.05) is 30.3 Å². The lowest BCUT2D eigenvalue weighted by Crippen LogP contribution is -2.13. The Bertz CT molecular complexity index is 1050. The number of nitriles is 1. The first kappa shape index (κ1) is 18.2. The van der Waals surface area contributed by atoms with Crippen LogP contribution in [0.3, 0.4) is 0 Å². The minimum atomic E-state index is -0.413. The number of para-hydroxylation sites is 1. The quantitative estimate of drug-likeness (QED) is 0.532. The van der Waals surface area contributed by atoms with Crippen molar-refractivity contribution in [3.8, 4) is 11.8 Å². The Balaban J connectivity index is 1.95. The second kappa shape index (κ2) is 7.76. The molecule has 0 radical (unpaired) electrons. The van der Waals surface area contributed by atoms with Crippen LogP contribution in [0, 0.1) is 32.1 Å². The van der Waals surface area contributed by atoms with Gasteiger partial charge in [-0.15, -0.1) is 0 Å². The van der Waals surface area contributed by atoms with Gasteiger partial charge in [0.15, 0.2) is 0 Å². The Morgan fingerprint density at radius 1 is 1.04 bits per heavy atom. The van der Waals surface area contributed by atoms with Crippen LogP contribution >= 0.6 is 0 Å². The second-order valence-electron chi connectivity index (χ2n) is 6.49. The molecule has 27 heavy (non-hydrogen) atoms. The van der Waals surface area contributed by atoms with Crippen molar-refractivity contribution in [1.29, 1.82) is 5.26 Å². The highest BCUT2D eigenvalue weighted by molar-refractivity contribution is 6.09. The molecule has 1 heterocycles. The van der Waals surface area contributed by atoms with Crippen molar-refractivity contribution in [1.82, 2.24) is 4.57 Å². The molecule has 1 aromatic heterocycles. The Kier molecular flexibility index (Phi) is 5.23. The Morgan fingerprint density at radius 2 is 1.78 bits per heavy atom. The number of aromatic nitrogens is 1. The van der Waals surface area contributed by atoms with Crippen molar-refractivity contribution in [3.63, 3.8) is 0 Å². The van der Waals surface area contributed by atoms with Gasteiger partial charge in [0.2, 0.25) is 0 Å². The third-order valence-corrected chi connectivity index (χ3v) is 4.43. The third kappa shape index (κ3) is 3.99. The number of amides is 1. The normalized spacial score (nSPS) is 11.1. The lowest BCUT2D eigenvalue weighted by Gasteiger charge is -2.10. The molecule has 2 aromatic carbocycles. The van der Waals surface area contributed by atoms with Crippen molar-refractivity contribution < 1.29 is 4.79 Å². The van der Waals surface area contributed by atoms with Gasteiger partial charge in [-0.3, -0.25) is 4.79 Å². The third-order valence-electron chi connectivity index (χ3n) is 4.43. The van der Waals surface area contributed by atoms with Crippen molar-refractivity contribution in [2.45, 2.75) is 20.8 Å². The molecule has 0 aliphatic rings. The van der Waals surface area contributed by atoms with E-state index < -0.39 is 5.91 Å². The number of carbonyl (C=O) groups excluding carboxylic acids is 1. The van der Waals surface area contributed by atoms with E-state index in [1.54, 1.807) is 18.2 Å². The predicted octanol–water partition coefficient (Wildman–Crippen LogP) is 4.95. The SMILES string of the molecule is Cc1cccc(-n2c(C)cc(C=C(C#N)C(=O)Nc3ccccc3)c2C)c1. The summed E-state index contributed by atoms with van der Waals surface area (Å²) < 4.78 is 2.13. The minimum Gasteiger partial charge on any atom is -0.321 e. The largest absolute Gasteiger partial charge is 0.321 e. The van der Waals surface area contributed by atoms with Gasteiger partial charge in [0.1, 0.15) is 11.6 Å². The number of aryl methyl sites for hydroxylation is 2. The Hall–Kier alpha value is -3.58. The zero-order valence-corrected chi connectivity index (χ0v) is 15.7. The summed E-state index contributed by atoms with van der Waals surface area (Å²) in [6.07, 6.45) is 1.65. The highest BCUT2D eigenvalue weighted by atomic mass is 16.1. The molecule has 0 aliphatic carbocycles. The molecular weight excluding hydrogens is 334 g/mol. The molecule has 0 spiro atoms. The molecule has 134 valence electrons. The summed E-state index contributed by atoms with van der Waals surface area (Å²) in [5.41, 5.74) is 5.86. The number of nitrogens with one attached hydrogen (secondary N) is 1. The minimum absolute atomic E-state index is 0.0725. The summed E-state index contributed by atoms with van der Waals surface area (Å²) in [5.74, 6) is -0.413. The van der Waals surface area contributed by atoms with E-state index in [4.69, 9.17) is 0 Å². The number of anilines is 1. The Labute approximate surface area is 159 Å². The van der Waals surface area contributed by atoms with Gasteiger partial charge < -0.3 is 9.88 Å². The van der Waals surface area contributed by atoms with E-state index in [2.05, 4.69) is 28.9 Å². The molecule has 0 fully saturated rings. The molecule has 3 rings (SSSR count). The predicted molar refractivity (Wildman–Crippen MR) is 109 cm³/mol. The van der Waals surface area contributed by atoms with Crippen LogP contribution in [0.25, 0.3) is 11.8 Å². The van der Waals surface area contributed by atoms with Crippen LogP contribution in [0.5, 0.6) is 0 Å². The van der Waals surface area contributed by atoms with E-state index in [9.17, 15) is 10.1 Å². The molecular formula is C23H21N3O. The van der Waals surface area contributed by atoms with Crippen molar-refractivity contribution in [2.24, 2.45) is 0 Å². The van der Waals surface area contributed by atoms with Crippen LogP contribution in [-0.4, -0.2) is 10.5 Å². The number of hydrogen-bond donors (Lipinski definition) is 1. The average Bonchev–Trinajstić information content (AvgIpc) is 2.93.